The van der Waals surface area contributed by atoms with Gasteiger partial charge in [-0.15, -0.1) is 0 Å². The van der Waals surface area contributed by atoms with Gasteiger partial charge in [0.25, 0.3) is 0 Å². The lowest BCUT2D eigenvalue weighted by molar-refractivity contribution is 0.0820. The maximum absolute atomic E-state index is 11.7. The Bertz CT molecular complexity index is 519. The van der Waals surface area contributed by atoms with E-state index < -0.39 is 0 Å². The molecule has 4 nitrogen and oxygen atoms in total. The first-order valence-corrected chi connectivity index (χ1v) is 6.53. The SMILES string of the molecule is CC(=O)c1ccc(C#N)cc1N1CCCOC(C)C1. The second-order valence-corrected chi connectivity index (χ2v) is 4.88. The van der Waals surface area contributed by atoms with Crippen LogP contribution in [-0.2, 0) is 4.74 Å². The minimum absolute atomic E-state index is 0.0253. The van der Waals surface area contributed by atoms with E-state index in [9.17, 15) is 4.79 Å². The second-order valence-electron chi connectivity index (χ2n) is 4.88. The first kappa shape index (κ1) is 13.6. The Hall–Kier alpha value is -1.86. The number of nitriles is 1. The molecule has 1 aromatic rings. The molecule has 0 saturated carbocycles. The Morgan fingerprint density at radius 1 is 1.53 bits per heavy atom. The Kier molecular flexibility index (Phi) is 4.18. The van der Waals surface area contributed by atoms with Crippen LogP contribution in [0, 0.1) is 11.3 Å². The number of nitrogens with zero attached hydrogens (tertiary/aromatic N) is 2. The van der Waals surface area contributed by atoms with Crippen molar-refractivity contribution in [1.29, 1.82) is 5.26 Å². The van der Waals surface area contributed by atoms with E-state index in [-0.39, 0.29) is 11.9 Å². The summed E-state index contributed by atoms with van der Waals surface area (Å²) in [7, 11) is 0. The van der Waals surface area contributed by atoms with Crippen LogP contribution in [0.4, 0.5) is 5.69 Å². The fourth-order valence-electron chi connectivity index (χ4n) is 2.37. The highest BCUT2D eigenvalue weighted by Gasteiger charge is 2.19. The van der Waals surface area contributed by atoms with Gasteiger partial charge in [-0.2, -0.15) is 5.26 Å². The van der Waals surface area contributed by atoms with E-state index in [1.54, 1.807) is 25.1 Å². The van der Waals surface area contributed by atoms with Crippen molar-refractivity contribution in [2.45, 2.75) is 26.4 Å². The maximum Gasteiger partial charge on any atom is 0.161 e. The molecule has 1 aromatic carbocycles. The van der Waals surface area contributed by atoms with Crippen molar-refractivity contribution < 1.29 is 9.53 Å². The number of ether oxygens (including phenoxy) is 1. The predicted octanol–water partition coefficient (Wildman–Crippen LogP) is 2.38. The third-order valence-electron chi connectivity index (χ3n) is 3.30. The lowest BCUT2D eigenvalue weighted by Crippen LogP contribution is -2.31. The van der Waals surface area contributed by atoms with Crippen molar-refractivity contribution in [1.82, 2.24) is 0 Å². The van der Waals surface area contributed by atoms with Gasteiger partial charge in [0.1, 0.15) is 0 Å². The lowest BCUT2D eigenvalue weighted by Gasteiger charge is -2.26. The topological polar surface area (TPSA) is 53.3 Å². The number of rotatable bonds is 2. The monoisotopic (exact) mass is 258 g/mol. The molecule has 0 N–H and O–H groups in total. The summed E-state index contributed by atoms with van der Waals surface area (Å²) < 4.78 is 5.62. The molecule has 1 fully saturated rings. The summed E-state index contributed by atoms with van der Waals surface area (Å²) in [5.74, 6) is 0.0253. The molecule has 1 aliphatic rings. The fraction of sp³-hybridized carbons (Fsp3) is 0.467. The van der Waals surface area contributed by atoms with E-state index in [1.807, 2.05) is 6.92 Å². The van der Waals surface area contributed by atoms with Gasteiger partial charge in [0.15, 0.2) is 5.78 Å². The van der Waals surface area contributed by atoms with E-state index in [1.165, 1.54) is 0 Å². The van der Waals surface area contributed by atoms with E-state index in [0.717, 1.165) is 31.8 Å². The van der Waals surface area contributed by atoms with E-state index in [0.29, 0.717) is 11.1 Å². The van der Waals surface area contributed by atoms with Gasteiger partial charge in [-0.05, 0) is 38.5 Å². The van der Waals surface area contributed by atoms with Gasteiger partial charge in [-0.25, -0.2) is 0 Å². The summed E-state index contributed by atoms with van der Waals surface area (Å²) in [5, 5.41) is 9.02. The third-order valence-corrected chi connectivity index (χ3v) is 3.30. The normalized spacial score (nSPS) is 19.6. The van der Waals surface area contributed by atoms with Crippen molar-refractivity contribution in [2.75, 3.05) is 24.6 Å². The van der Waals surface area contributed by atoms with Crippen LogP contribution in [0.5, 0.6) is 0 Å². The average molecular weight is 258 g/mol. The minimum atomic E-state index is 0.0253. The summed E-state index contributed by atoms with van der Waals surface area (Å²) in [6.45, 7) is 5.92. The van der Waals surface area contributed by atoms with Crippen LogP contribution in [0.3, 0.4) is 0 Å². The van der Waals surface area contributed by atoms with Crippen molar-refractivity contribution in [3.8, 4) is 6.07 Å². The maximum atomic E-state index is 11.7. The van der Waals surface area contributed by atoms with Gasteiger partial charge in [0, 0.05) is 30.9 Å². The molecule has 0 bridgehead atoms. The molecule has 0 spiro atoms. The lowest BCUT2D eigenvalue weighted by atomic mass is 10.0. The number of carbonyl (C=O) groups excluding carboxylic acids is 1. The highest BCUT2D eigenvalue weighted by atomic mass is 16.5. The number of hydrogen-bond donors (Lipinski definition) is 0. The third kappa shape index (κ3) is 3.12. The predicted molar refractivity (Wildman–Crippen MR) is 73.4 cm³/mol. The van der Waals surface area contributed by atoms with Crippen molar-refractivity contribution in [2.24, 2.45) is 0 Å². The molecule has 2 rings (SSSR count). The van der Waals surface area contributed by atoms with E-state index >= 15 is 0 Å². The van der Waals surface area contributed by atoms with Gasteiger partial charge in [-0.1, -0.05) is 0 Å². The number of hydrogen-bond acceptors (Lipinski definition) is 4. The summed E-state index contributed by atoms with van der Waals surface area (Å²) in [6, 6.07) is 7.37. The van der Waals surface area contributed by atoms with Crippen molar-refractivity contribution in [3.05, 3.63) is 29.3 Å². The van der Waals surface area contributed by atoms with Crippen LogP contribution >= 0.6 is 0 Å². The molecule has 1 atom stereocenters. The molecule has 0 aliphatic carbocycles. The minimum Gasteiger partial charge on any atom is -0.377 e. The van der Waals surface area contributed by atoms with Gasteiger partial charge in [-0.3, -0.25) is 4.79 Å². The molecule has 0 aromatic heterocycles. The summed E-state index contributed by atoms with van der Waals surface area (Å²) >= 11 is 0. The largest absolute Gasteiger partial charge is 0.377 e. The molecule has 0 amide bonds. The molecule has 1 aliphatic heterocycles. The molecule has 0 radical (unpaired) electrons. The number of Topliss-reactive ketones (excluding diaryl/α,β-unsaturated/α-hetero) is 1. The number of ketones is 1. The van der Waals surface area contributed by atoms with Crippen LogP contribution in [0.25, 0.3) is 0 Å². The first-order valence-electron chi connectivity index (χ1n) is 6.53. The van der Waals surface area contributed by atoms with Crippen LogP contribution < -0.4 is 4.90 Å². The standard InChI is InChI=1S/C15H18N2O2/c1-11-10-17(6-3-7-19-11)15-8-13(9-16)4-5-14(15)12(2)18/h4-5,8,11H,3,6-7,10H2,1-2H3. The molecular formula is C15H18N2O2. The van der Waals surface area contributed by atoms with Gasteiger partial charge >= 0.3 is 0 Å². The van der Waals surface area contributed by atoms with Crippen LogP contribution in [0.1, 0.15) is 36.2 Å². The molecule has 4 heteroatoms. The second kappa shape index (κ2) is 5.85. The molecule has 1 saturated heterocycles. The van der Waals surface area contributed by atoms with Crippen LogP contribution in [0.2, 0.25) is 0 Å². The van der Waals surface area contributed by atoms with Gasteiger partial charge in [0.2, 0.25) is 0 Å². The smallest absolute Gasteiger partial charge is 0.161 e. The first-order chi connectivity index (χ1) is 9.11. The highest BCUT2D eigenvalue weighted by molar-refractivity contribution is 6.00. The molecule has 1 unspecified atom stereocenters. The number of anilines is 1. The molecular weight excluding hydrogens is 240 g/mol. The fourth-order valence-corrected chi connectivity index (χ4v) is 2.37. The Morgan fingerprint density at radius 3 is 3.00 bits per heavy atom. The zero-order chi connectivity index (χ0) is 13.8. The van der Waals surface area contributed by atoms with E-state index in [4.69, 9.17) is 10.00 Å². The summed E-state index contributed by atoms with van der Waals surface area (Å²) in [5.41, 5.74) is 2.11. The zero-order valence-electron chi connectivity index (χ0n) is 11.3. The number of carbonyl (C=O) groups is 1. The highest BCUT2D eigenvalue weighted by Crippen LogP contribution is 2.25. The summed E-state index contributed by atoms with van der Waals surface area (Å²) in [6.07, 6.45) is 1.06. The van der Waals surface area contributed by atoms with E-state index in [2.05, 4.69) is 11.0 Å². The average Bonchev–Trinajstić information content (AvgIpc) is 2.62. The Balaban J connectivity index is 2.40. The molecule has 1 heterocycles. The quantitative estimate of drug-likeness (QED) is 0.764. The molecule has 19 heavy (non-hydrogen) atoms. The van der Waals surface area contributed by atoms with Gasteiger partial charge < -0.3 is 9.64 Å². The van der Waals surface area contributed by atoms with Crippen LogP contribution in [0.15, 0.2) is 18.2 Å². The Labute approximate surface area is 113 Å². The summed E-state index contributed by atoms with van der Waals surface area (Å²) in [4.78, 5) is 13.9. The van der Waals surface area contributed by atoms with Gasteiger partial charge in [0.05, 0.1) is 17.7 Å². The van der Waals surface area contributed by atoms with Crippen molar-refractivity contribution >= 4 is 11.5 Å². The van der Waals surface area contributed by atoms with Crippen LogP contribution in [-0.4, -0.2) is 31.6 Å². The van der Waals surface area contributed by atoms with Crippen molar-refractivity contribution in [3.63, 3.8) is 0 Å². The number of benzene rings is 1. The molecule has 100 valence electrons. The zero-order valence-corrected chi connectivity index (χ0v) is 11.3. The Morgan fingerprint density at radius 2 is 2.32 bits per heavy atom.